The third-order valence-corrected chi connectivity index (χ3v) is 4.21. The highest BCUT2D eigenvalue weighted by Crippen LogP contribution is 2.20. The molecule has 0 saturated heterocycles. The van der Waals surface area contributed by atoms with Crippen LogP contribution in [0.5, 0.6) is 0 Å². The number of anilines is 1. The van der Waals surface area contributed by atoms with Gasteiger partial charge in [-0.25, -0.2) is 4.79 Å². The number of benzene rings is 1. The van der Waals surface area contributed by atoms with E-state index in [-0.39, 0.29) is 24.0 Å². The van der Waals surface area contributed by atoms with Crippen LogP contribution in [0.15, 0.2) is 36.4 Å². The number of alkyl carbamates (subject to hydrolysis) is 1. The van der Waals surface area contributed by atoms with E-state index in [1.165, 1.54) is 0 Å². The molecule has 0 fully saturated rings. The van der Waals surface area contributed by atoms with Crippen molar-refractivity contribution in [3.63, 3.8) is 0 Å². The predicted molar refractivity (Wildman–Crippen MR) is 104 cm³/mol. The van der Waals surface area contributed by atoms with E-state index in [1.54, 1.807) is 39.8 Å². The summed E-state index contributed by atoms with van der Waals surface area (Å²) in [6.45, 7) is 7.10. The second-order valence-electron chi connectivity index (χ2n) is 7.76. The molecule has 1 heterocycles. The molecule has 1 aliphatic heterocycles. The summed E-state index contributed by atoms with van der Waals surface area (Å²) in [7, 11) is 0. The number of carbonyl (C=O) groups excluding carboxylic acids is 3. The summed E-state index contributed by atoms with van der Waals surface area (Å²) in [5.74, 6) is -0.531. The summed E-state index contributed by atoms with van der Waals surface area (Å²) in [5, 5.41) is 5.59. The van der Waals surface area contributed by atoms with Crippen molar-refractivity contribution in [1.82, 2.24) is 5.32 Å². The number of para-hydroxylation sites is 1. The number of carbonyl (C=O) groups is 3. The van der Waals surface area contributed by atoms with E-state index in [0.717, 1.165) is 5.56 Å². The van der Waals surface area contributed by atoms with Crippen molar-refractivity contribution in [1.29, 1.82) is 0 Å². The molecule has 0 aliphatic carbocycles. The molecule has 2 atom stereocenters. The third-order valence-electron chi connectivity index (χ3n) is 4.21. The zero-order valence-electron chi connectivity index (χ0n) is 16.4. The van der Waals surface area contributed by atoms with Crippen LogP contribution in [-0.4, -0.2) is 29.4 Å². The van der Waals surface area contributed by atoms with Crippen molar-refractivity contribution in [2.24, 2.45) is 5.92 Å². The van der Waals surface area contributed by atoms with Crippen LogP contribution in [0, 0.1) is 5.92 Å². The normalized spacial score (nSPS) is 22.5. The molecule has 6 nitrogen and oxygen atoms in total. The number of hydrogen-bond donors (Lipinski definition) is 2. The minimum absolute atomic E-state index is 0.0696. The minimum Gasteiger partial charge on any atom is -0.444 e. The van der Waals surface area contributed by atoms with Gasteiger partial charge in [0.2, 0.25) is 5.91 Å². The van der Waals surface area contributed by atoms with Crippen LogP contribution in [-0.2, 0) is 20.7 Å². The van der Waals surface area contributed by atoms with Gasteiger partial charge in [0.05, 0.1) is 12.0 Å². The molecule has 2 N–H and O–H groups in total. The van der Waals surface area contributed by atoms with Crippen LogP contribution >= 0.6 is 0 Å². The average Bonchev–Trinajstić information content (AvgIpc) is 2.57. The lowest BCUT2D eigenvalue weighted by atomic mass is 9.98. The van der Waals surface area contributed by atoms with E-state index < -0.39 is 17.7 Å². The fourth-order valence-electron chi connectivity index (χ4n) is 2.77. The summed E-state index contributed by atoms with van der Waals surface area (Å²) in [6.07, 6.45) is 3.95. The molecule has 0 aromatic heterocycles. The van der Waals surface area contributed by atoms with E-state index in [4.69, 9.17) is 4.74 Å². The van der Waals surface area contributed by atoms with Gasteiger partial charge >= 0.3 is 6.09 Å². The minimum atomic E-state index is -0.682. The number of nitrogens with one attached hydrogen (secondary N) is 2. The largest absolute Gasteiger partial charge is 0.444 e. The van der Waals surface area contributed by atoms with E-state index in [9.17, 15) is 14.4 Å². The van der Waals surface area contributed by atoms with Crippen LogP contribution in [0.3, 0.4) is 0 Å². The van der Waals surface area contributed by atoms with Gasteiger partial charge < -0.3 is 15.4 Å². The Morgan fingerprint density at radius 1 is 1.19 bits per heavy atom. The van der Waals surface area contributed by atoms with E-state index >= 15 is 0 Å². The van der Waals surface area contributed by atoms with Crippen LogP contribution < -0.4 is 10.6 Å². The van der Waals surface area contributed by atoms with Gasteiger partial charge in [-0.3, -0.25) is 9.59 Å². The van der Waals surface area contributed by atoms with Gasteiger partial charge in [0, 0.05) is 12.1 Å². The lowest BCUT2D eigenvalue weighted by molar-refractivity contribution is -0.121. The molecular weight excluding hydrogens is 344 g/mol. The highest BCUT2D eigenvalue weighted by Gasteiger charge is 2.24. The van der Waals surface area contributed by atoms with Crippen molar-refractivity contribution >= 4 is 23.5 Å². The monoisotopic (exact) mass is 372 g/mol. The fourth-order valence-corrected chi connectivity index (χ4v) is 2.77. The standard InChI is InChI=1S/C21H28N2O4/c1-14-8-7-11-17(23-20(26)27-21(2,3)4)18(24)13-12-15-9-5-6-10-16(15)22-19(14)25/h5-10,14,17H,11-13H2,1-4H3,(H,22,25)(H,23,26)/b8-7+/t14-,17+/m1/s1. The van der Waals surface area contributed by atoms with E-state index in [1.807, 2.05) is 24.3 Å². The van der Waals surface area contributed by atoms with E-state index in [2.05, 4.69) is 10.6 Å². The first-order chi connectivity index (χ1) is 12.7. The Bertz CT molecular complexity index is 734. The molecule has 6 heteroatoms. The van der Waals surface area contributed by atoms with Crippen LogP contribution in [0.4, 0.5) is 10.5 Å². The summed E-state index contributed by atoms with van der Waals surface area (Å²) < 4.78 is 5.27. The maximum Gasteiger partial charge on any atom is 0.408 e. The number of fused-ring (bicyclic) bond motifs is 1. The summed E-state index contributed by atoms with van der Waals surface area (Å²) in [5.41, 5.74) is 0.972. The molecule has 2 rings (SSSR count). The number of amides is 2. The highest BCUT2D eigenvalue weighted by atomic mass is 16.6. The van der Waals surface area contributed by atoms with Gasteiger partial charge in [-0.2, -0.15) is 0 Å². The van der Waals surface area contributed by atoms with Crippen molar-refractivity contribution < 1.29 is 19.1 Å². The van der Waals surface area contributed by atoms with Gasteiger partial charge in [0.1, 0.15) is 5.60 Å². The number of Topliss-reactive ketones (excluding diaryl/α,β-unsaturated/α-hetero) is 1. The van der Waals surface area contributed by atoms with Crippen molar-refractivity contribution in [2.75, 3.05) is 5.32 Å². The Hall–Kier alpha value is -2.63. The topological polar surface area (TPSA) is 84.5 Å². The predicted octanol–water partition coefficient (Wildman–Crippen LogP) is 3.62. The zero-order valence-corrected chi connectivity index (χ0v) is 16.4. The molecule has 0 spiro atoms. The molecule has 0 radical (unpaired) electrons. The molecule has 1 aliphatic rings. The lowest BCUT2D eigenvalue weighted by Crippen LogP contribution is -2.43. The number of ether oxygens (including phenoxy) is 1. The lowest BCUT2D eigenvalue weighted by Gasteiger charge is -2.23. The third kappa shape index (κ3) is 6.55. The smallest absolute Gasteiger partial charge is 0.408 e. The molecular formula is C21H28N2O4. The fraction of sp³-hybridized carbons (Fsp3) is 0.476. The van der Waals surface area contributed by atoms with Gasteiger partial charge in [0.15, 0.2) is 5.78 Å². The maximum absolute atomic E-state index is 12.7. The second kappa shape index (κ2) is 8.84. The van der Waals surface area contributed by atoms with Crippen molar-refractivity contribution in [3.8, 4) is 0 Å². The molecule has 0 saturated carbocycles. The summed E-state index contributed by atoms with van der Waals surface area (Å²) in [4.78, 5) is 37.1. The molecule has 1 aromatic carbocycles. The first kappa shape index (κ1) is 20.7. The molecule has 146 valence electrons. The van der Waals surface area contributed by atoms with Crippen LogP contribution in [0.2, 0.25) is 0 Å². The van der Waals surface area contributed by atoms with Gasteiger partial charge in [-0.05, 0) is 45.2 Å². The van der Waals surface area contributed by atoms with Gasteiger partial charge in [-0.1, -0.05) is 37.3 Å². The second-order valence-corrected chi connectivity index (χ2v) is 7.76. The SMILES string of the molecule is C[C@@H]1/C=C/C[C@H](NC(=O)OC(C)(C)C)C(=O)CCc2ccccc2NC1=O. The van der Waals surface area contributed by atoms with E-state index in [0.29, 0.717) is 18.5 Å². The Kier molecular flexibility index (Phi) is 6.77. The maximum atomic E-state index is 12.7. The van der Waals surface area contributed by atoms with Crippen molar-refractivity contribution in [3.05, 3.63) is 42.0 Å². The number of ketones is 1. The first-order valence-corrected chi connectivity index (χ1v) is 9.23. The summed E-state index contributed by atoms with van der Waals surface area (Å²) in [6, 6.07) is 6.77. The average molecular weight is 372 g/mol. The summed E-state index contributed by atoms with van der Waals surface area (Å²) >= 11 is 0. The Morgan fingerprint density at radius 2 is 1.89 bits per heavy atom. The molecule has 0 bridgehead atoms. The quantitative estimate of drug-likeness (QED) is 0.738. The molecule has 1 aromatic rings. The zero-order chi connectivity index (χ0) is 20.0. The molecule has 27 heavy (non-hydrogen) atoms. The number of rotatable bonds is 1. The first-order valence-electron chi connectivity index (χ1n) is 9.23. The van der Waals surface area contributed by atoms with Crippen LogP contribution in [0.1, 0.15) is 46.1 Å². The number of hydrogen-bond acceptors (Lipinski definition) is 4. The molecule has 2 amide bonds. The Labute approximate surface area is 160 Å². The van der Waals surface area contributed by atoms with Gasteiger partial charge in [0.25, 0.3) is 0 Å². The molecule has 0 unspecified atom stereocenters. The Morgan fingerprint density at radius 3 is 2.59 bits per heavy atom. The van der Waals surface area contributed by atoms with Crippen LogP contribution in [0.25, 0.3) is 0 Å². The highest BCUT2D eigenvalue weighted by molar-refractivity contribution is 5.94. The Balaban J connectivity index is 2.20. The number of aryl methyl sites for hydroxylation is 1. The van der Waals surface area contributed by atoms with Crippen molar-refractivity contribution in [2.45, 2.75) is 58.6 Å². The van der Waals surface area contributed by atoms with Gasteiger partial charge in [-0.15, -0.1) is 0 Å².